The van der Waals surface area contributed by atoms with Crippen molar-refractivity contribution in [2.45, 2.75) is 26.2 Å². The van der Waals surface area contributed by atoms with Gasteiger partial charge in [0.25, 0.3) is 5.91 Å². The molecule has 0 spiro atoms. The topological polar surface area (TPSA) is 55.1 Å². The van der Waals surface area contributed by atoms with Crippen molar-refractivity contribution in [1.29, 1.82) is 0 Å². The Kier molecular flexibility index (Phi) is 5.35. The molecule has 3 N–H and O–H groups in total. The summed E-state index contributed by atoms with van der Waals surface area (Å²) >= 11 is 0. The summed E-state index contributed by atoms with van der Waals surface area (Å²) in [6.07, 6.45) is 3.61. The number of benzene rings is 1. The molecule has 0 radical (unpaired) electrons. The summed E-state index contributed by atoms with van der Waals surface area (Å²) in [6, 6.07) is 4.34. The van der Waals surface area contributed by atoms with Gasteiger partial charge >= 0.3 is 0 Å². The summed E-state index contributed by atoms with van der Waals surface area (Å²) in [5, 5.41) is 2.90. The molecule has 1 aromatic rings. The van der Waals surface area contributed by atoms with E-state index in [1.807, 2.05) is 0 Å². The number of hydrogen-bond donors (Lipinski definition) is 2. The second-order valence-corrected chi connectivity index (χ2v) is 5.58. The number of carbonyl (C=O) groups excluding carboxylic acids is 1. The van der Waals surface area contributed by atoms with E-state index >= 15 is 0 Å². The molecule has 1 amide bonds. The van der Waals surface area contributed by atoms with E-state index in [4.69, 9.17) is 5.73 Å². The minimum absolute atomic E-state index is 0.182. The van der Waals surface area contributed by atoms with Gasteiger partial charge in [0.1, 0.15) is 5.82 Å². The molecule has 2 atom stereocenters. The Morgan fingerprint density at radius 1 is 1.48 bits per heavy atom. The highest BCUT2D eigenvalue weighted by atomic mass is 19.1. The third kappa shape index (κ3) is 4.05. The van der Waals surface area contributed by atoms with Crippen molar-refractivity contribution in [1.82, 2.24) is 5.32 Å². The normalized spacial score (nSPS) is 20.7. The van der Waals surface area contributed by atoms with Crippen LogP contribution in [0.2, 0.25) is 0 Å². The first-order valence-corrected chi connectivity index (χ1v) is 7.38. The minimum Gasteiger partial charge on any atom is -0.352 e. The lowest BCUT2D eigenvalue weighted by molar-refractivity contribution is 0.0944. The zero-order valence-electron chi connectivity index (χ0n) is 12.3. The van der Waals surface area contributed by atoms with Crippen LogP contribution in [0.1, 0.15) is 42.1 Å². The van der Waals surface area contributed by atoms with Crippen LogP contribution in [0, 0.1) is 29.5 Å². The molecular weight excluding hydrogens is 267 g/mol. The van der Waals surface area contributed by atoms with Crippen LogP contribution in [-0.4, -0.2) is 19.0 Å². The van der Waals surface area contributed by atoms with Crippen LogP contribution in [0.15, 0.2) is 18.2 Å². The Balaban J connectivity index is 1.97. The number of nitrogens with one attached hydrogen (secondary N) is 1. The molecule has 1 aromatic carbocycles. The largest absolute Gasteiger partial charge is 0.352 e. The molecule has 1 aliphatic rings. The Morgan fingerprint density at radius 2 is 2.29 bits per heavy atom. The van der Waals surface area contributed by atoms with Gasteiger partial charge in [0, 0.05) is 12.1 Å². The van der Waals surface area contributed by atoms with Gasteiger partial charge in [0.2, 0.25) is 0 Å². The molecule has 1 aliphatic carbocycles. The van der Waals surface area contributed by atoms with Crippen LogP contribution in [0.25, 0.3) is 0 Å². The maximum atomic E-state index is 13.8. The lowest BCUT2D eigenvalue weighted by Crippen LogP contribution is -2.30. The van der Waals surface area contributed by atoms with E-state index in [2.05, 4.69) is 24.1 Å². The van der Waals surface area contributed by atoms with E-state index in [0.717, 1.165) is 6.42 Å². The summed E-state index contributed by atoms with van der Waals surface area (Å²) in [6.45, 7) is 3.06. The first-order valence-electron chi connectivity index (χ1n) is 7.38. The lowest BCUT2D eigenvalue weighted by Gasteiger charge is -2.15. The number of halogens is 1. The van der Waals surface area contributed by atoms with Gasteiger partial charge < -0.3 is 11.1 Å². The Morgan fingerprint density at radius 3 is 2.90 bits per heavy atom. The van der Waals surface area contributed by atoms with Gasteiger partial charge in [0.05, 0.1) is 12.1 Å². The van der Waals surface area contributed by atoms with Gasteiger partial charge in [-0.3, -0.25) is 4.79 Å². The van der Waals surface area contributed by atoms with Gasteiger partial charge in [-0.2, -0.15) is 0 Å². The molecule has 0 aliphatic heterocycles. The summed E-state index contributed by atoms with van der Waals surface area (Å²) in [4.78, 5) is 12.1. The smallest absolute Gasteiger partial charge is 0.251 e. The van der Waals surface area contributed by atoms with E-state index in [0.29, 0.717) is 23.9 Å². The zero-order chi connectivity index (χ0) is 15.2. The van der Waals surface area contributed by atoms with Crippen LogP contribution >= 0.6 is 0 Å². The van der Waals surface area contributed by atoms with E-state index in [-0.39, 0.29) is 18.0 Å². The van der Waals surface area contributed by atoms with Crippen LogP contribution < -0.4 is 11.1 Å². The van der Waals surface area contributed by atoms with Gasteiger partial charge in [0.15, 0.2) is 0 Å². The summed E-state index contributed by atoms with van der Waals surface area (Å²) < 4.78 is 13.8. The quantitative estimate of drug-likeness (QED) is 0.839. The maximum absolute atomic E-state index is 13.8. The number of hydrogen-bond acceptors (Lipinski definition) is 2. The van der Waals surface area contributed by atoms with E-state index in [1.165, 1.54) is 25.0 Å². The SMILES string of the molecule is CC1CCCC1CNC(=O)c1ccc(C#CCN)c(F)c1. The fraction of sp³-hybridized carbons (Fsp3) is 0.471. The average Bonchev–Trinajstić information content (AvgIpc) is 2.88. The standard InChI is InChI=1S/C17H21FN2O/c1-12-4-2-5-15(12)11-20-17(21)14-8-7-13(6-3-9-19)16(18)10-14/h7-8,10,12,15H,2,4-5,9,11,19H2,1H3,(H,20,21). The highest BCUT2D eigenvalue weighted by Gasteiger charge is 2.23. The van der Waals surface area contributed by atoms with Crippen molar-refractivity contribution < 1.29 is 9.18 Å². The van der Waals surface area contributed by atoms with Crippen LogP contribution in [0.4, 0.5) is 4.39 Å². The van der Waals surface area contributed by atoms with Crippen molar-refractivity contribution in [2.24, 2.45) is 17.6 Å². The number of amides is 1. The molecule has 1 saturated carbocycles. The summed E-state index contributed by atoms with van der Waals surface area (Å²) in [5.74, 6) is 5.70. The molecule has 0 bridgehead atoms. The Hall–Kier alpha value is -1.86. The molecule has 0 heterocycles. The Labute approximate surface area is 125 Å². The monoisotopic (exact) mass is 288 g/mol. The molecule has 21 heavy (non-hydrogen) atoms. The predicted octanol–water partition coefficient (Wildman–Crippen LogP) is 2.30. The molecule has 0 aromatic heterocycles. The van der Waals surface area contributed by atoms with Gasteiger partial charge in [-0.1, -0.05) is 31.6 Å². The zero-order valence-corrected chi connectivity index (χ0v) is 12.3. The third-order valence-electron chi connectivity index (χ3n) is 4.12. The van der Waals surface area contributed by atoms with Crippen molar-refractivity contribution in [3.63, 3.8) is 0 Å². The molecule has 2 unspecified atom stereocenters. The predicted molar refractivity (Wildman–Crippen MR) is 81.2 cm³/mol. The summed E-state index contributed by atoms with van der Waals surface area (Å²) in [7, 11) is 0. The van der Waals surface area contributed by atoms with Crippen molar-refractivity contribution in [2.75, 3.05) is 13.1 Å². The van der Waals surface area contributed by atoms with E-state index < -0.39 is 5.82 Å². The van der Waals surface area contributed by atoms with E-state index in [9.17, 15) is 9.18 Å². The first kappa shape index (κ1) is 15.5. The molecule has 112 valence electrons. The molecule has 0 saturated heterocycles. The van der Waals surface area contributed by atoms with Crippen molar-refractivity contribution >= 4 is 5.91 Å². The van der Waals surface area contributed by atoms with Crippen molar-refractivity contribution in [3.05, 3.63) is 35.1 Å². The van der Waals surface area contributed by atoms with Crippen molar-refractivity contribution in [3.8, 4) is 11.8 Å². The van der Waals surface area contributed by atoms with E-state index in [1.54, 1.807) is 6.07 Å². The lowest BCUT2D eigenvalue weighted by atomic mass is 9.98. The second-order valence-electron chi connectivity index (χ2n) is 5.58. The average molecular weight is 288 g/mol. The molecule has 1 fully saturated rings. The second kappa shape index (κ2) is 7.24. The van der Waals surface area contributed by atoms with Crippen LogP contribution in [0.3, 0.4) is 0 Å². The summed E-state index contributed by atoms with van der Waals surface area (Å²) in [5.41, 5.74) is 5.85. The maximum Gasteiger partial charge on any atom is 0.251 e. The highest BCUT2D eigenvalue weighted by Crippen LogP contribution is 2.30. The molecule has 4 heteroatoms. The van der Waals surface area contributed by atoms with Crippen LogP contribution in [0.5, 0.6) is 0 Å². The van der Waals surface area contributed by atoms with Gasteiger partial charge in [-0.15, -0.1) is 0 Å². The minimum atomic E-state index is -0.488. The Bertz CT molecular complexity index is 574. The molecule has 3 nitrogen and oxygen atoms in total. The van der Waals surface area contributed by atoms with Gasteiger partial charge in [-0.05, 0) is 36.5 Å². The third-order valence-corrected chi connectivity index (χ3v) is 4.12. The number of rotatable bonds is 3. The number of nitrogens with two attached hydrogens (primary N) is 1. The number of carbonyl (C=O) groups is 1. The molecule has 2 rings (SSSR count). The fourth-order valence-corrected chi connectivity index (χ4v) is 2.76. The fourth-order valence-electron chi connectivity index (χ4n) is 2.76. The molecular formula is C17H21FN2O. The van der Waals surface area contributed by atoms with Gasteiger partial charge in [-0.25, -0.2) is 4.39 Å². The first-order chi connectivity index (χ1) is 10.1. The van der Waals surface area contributed by atoms with Crippen LogP contribution in [-0.2, 0) is 0 Å². The highest BCUT2D eigenvalue weighted by molar-refractivity contribution is 5.94.